The number of hydrogen-bond acceptors (Lipinski definition) is 4. The fraction of sp³-hybridized carbons (Fsp3) is 0.355. The molecule has 3 rings (SSSR count). The number of nitrogens with one attached hydrogen (secondary N) is 1. The van der Waals surface area contributed by atoms with Gasteiger partial charge in [0.2, 0.25) is 11.8 Å². The Balaban J connectivity index is 2.06. The van der Waals surface area contributed by atoms with Crippen LogP contribution in [-0.2, 0) is 26.2 Å². The molecule has 214 valence electrons. The zero-order chi connectivity index (χ0) is 29.6. The van der Waals surface area contributed by atoms with Crippen LogP contribution in [0.25, 0.3) is 0 Å². The second-order valence-electron chi connectivity index (χ2n) is 10.6. The van der Waals surface area contributed by atoms with Crippen LogP contribution in [0.3, 0.4) is 0 Å². The molecule has 0 aromatic heterocycles. The fourth-order valence-electron chi connectivity index (χ4n) is 4.24. The zero-order valence-electron chi connectivity index (χ0n) is 23.9. The van der Waals surface area contributed by atoms with Crippen molar-refractivity contribution in [3.8, 4) is 0 Å². The van der Waals surface area contributed by atoms with Gasteiger partial charge < -0.3 is 10.2 Å². The summed E-state index contributed by atoms with van der Waals surface area (Å²) in [5, 5.41) is 3.24. The number of amides is 2. The number of benzene rings is 3. The number of carbonyl (C=O) groups is 2. The lowest BCUT2D eigenvalue weighted by molar-refractivity contribution is -0.139. The van der Waals surface area contributed by atoms with Crippen molar-refractivity contribution in [3.63, 3.8) is 0 Å². The van der Waals surface area contributed by atoms with Gasteiger partial charge in [-0.25, -0.2) is 8.42 Å². The van der Waals surface area contributed by atoms with Crippen molar-refractivity contribution in [1.29, 1.82) is 0 Å². The van der Waals surface area contributed by atoms with Crippen LogP contribution >= 0.6 is 11.6 Å². The number of sulfonamides is 1. The summed E-state index contributed by atoms with van der Waals surface area (Å²) in [5.74, 6) is -0.580. The highest BCUT2D eigenvalue weighted by Gasteiger charge is 2.33. The van der Waals surface area contributed by atoms with Crippen LogP contribution in [0.2, 0.25) is 5.02 Å². The van der Waals surface area contributed by atoms with Gasteiger partial charge in [0.1, 0.15) is 12.6 Å². The second kappa shape index (κ2) is 13.3. The van der Waals surface area contributed by atoms with E-state index >= 15 is 0 Å². The normalized spacial score (nSPS) is 12.2. The van der Waals surface area contributed by atoms with Crippen molar-refractivity contribution in [2.24, 2.45) is 5.92 Å². The standard InChI is InChI=1S/C31H38ClN3O4S/c1-21(2)18-33-31(37)25(6)34(19-26-9-7-8-23(4)16-26)30(36)20-35(29-17-27(32)13-12-24(29)5)40(38,39)28-14-10-22(3)11-15-28/h7-17,21,25H,18-20H2,1-6H3,(H,33,37). The molecule has 0 heterocycles. The summed E-state index contributed by atoms with van der Waals surface area (Å²) >= 11 is 6.28. The Hall–Kier alpha value is -3.36. The maximum atomic E-state index is 14.0. The van der Waals surface area contributed by atoms with Crippen LogP contribution in [0.1, 0.15) is 43.0 Å². The van der Waals surface area contributed by atoms with E-state index in [0.29, 0.717) is 22.8 Å². The van der Waals surface area contributed by atoms with E-state index in [9.17, 15) is 18.0 Å². The summed E-state index contributed by atoms with van der Waals surface area (Å²) in [6.07, 6.45) is 0. The van der Waals surface area contributed by atoms with E-state index < -0.39 is 28.5 Å². The summed E-state index contributed by atoms with van der Waals surface area (Å²) in [6, 6.07) is 18.2. The van der Waals surface area contributed by atoms with E-state index in [0.717, 1.165) is 21.0 Å². The van der Waals surface area contributed by atoms with Crippen molar-refractivity contribution in [1.82, 2.24) is 10.2 Å². The second-order valence-corrected chi connectivity index (χ2v) is 12.9. The van der Waals surface area contributed by atoms with Crippen LogP contribution in [0.4, 0.5) is 5.69 Å². The Morgan fingerprint density at radius 1 is 0.900 bits per heavy atom. The molecule has 0 aliphatic heterocycles. The molecule has 0 saturated heterocycles. The van der Waals surface area contributed by atoms with Crippen LogP contribution in [-0.4, -0.2) is 44.3 Å². The first kappa shape index (κ1) is 31.2. The minimum atomic E-state index is -4.16. The summed E-state index contributed by atoms with van der Waals surface area (Å²) < 4.78 is 29.1. The maximum absolute atomic E-state index is 14.0. The largest absolute Gasteiger partial charge is 0.354 e. The van der Waals surface area contributed by atoms with Gasteiger partial charge in [0.15, 0.2) is 0 Å². The van der Waals surface area contributed by atoms with Gasteiger partial charge in [-0.1, -0.05) is 79.0 Å². The third-order valence-corrected chi connectivity index (χ3v) is 8.62. The highest BCUT2D eigenvalue weighted by atomic mass is 35.5. The molecule has 0 bridgehead atoms. The zero-order valence-corrected chi connectivity index (χ0v) is 25.5. The lowest BCUT2D eigenvalue weighted by Crippen LogP contribution is -2.51. The lowest BCUT2D eigenvalue weighted by Gasteiger charge is -2.32. The van der Waals surface area contributed by atoms with Gasteiger partial charge in [0.25, 0.3) is 10.0 Å². The van der Waals surface area contributed by atoms with E-state index in [1.54, 1.807) is 44.2 Å². The summed E-state index contributed by atoms with van der Waals surface area (Å²) in [6.45, 7) is 11.3. The molecule has 1 unspecified atom stereocenters. The number of anilines is 1. The molecular formula is C31H38ClN3O4S. The number of aryl methyl sites for hydroxylation is 3. The van der Waals surface area contributed by atoms with Gasteiger partial charge in [-0.05, 0) is 69.0 Å². The van der Waals surface area contributed by atoms with Crippen molar-refractivity contribution in [2.45, 2.75) is 59.0 Å². The Kier molecular flexibility index (Phi) is 10.4. The molecule has 40 heavy (non-hydrogen) atoms. The molecule has 0 aliphatic carbocycles. The lowest BCUT2D eigenvalue weighted by atomic mass is 10.1. The van der Waals surface area contributed by atoms with Gasteiger partial charge in [0, 0.05) is 18.1 Å². The number of carbonyl (C=O) groups excluding carboxylic acids is 2. The summed E-state index contributed by atoms with van der Waals surface area (Å²) in [7, 11) is -4.16. The van der Waals surface area contributed by atoms with E-state index in [-0.39, 0.29) is 23.3 Å². The van der Waals surface area contributed by atoms with Crippen LogP contribution in [0.15, 0.2) is 71.6 Å². The van der Waals surface area contributed by atoms with Crippen LogP contribution in [0, 0.1) is 26.7 Å². The first-order valence-electron chi connectivity index (χ1n) is 13.3. The Morgan fingerprint density at radius 2 is 1.57 bits per heavy atom. The smallest absolute Gasteiger partial charge is 0.264 e. The van der Waals surface area contributed by atoms with Gasteiger partial charge in [-0.3, -0.25) is 13.9 Å². The predicted octanol–water partition coefficient (Wildman–Crippen LogP) is 5.65. The maximum Gasteiger partial charge on any atom is 0.264 e. The predicted molar refractivity (Wildman–Crippen MR) is 161 cm³/mol. The van der Waals surface area contributed by atoms with Gasteiger partial charge in [-0.15, -0.1) is 0 Å². The Labute approximate surface area is 243 Å². The Morgan fingerprint density at radius 3 is 2.20 bits per heavy atom. The fourth-order valence-corrected chi connectivity index (χ4v) is 5.88. The molecule has 0 saturated carbocycles. The number of nitrogens with zero attached hydrogens (tertiary/aromatic N) is 2. The molecule has 0 spiro atoms. The van der Waals surface area contributed by atoms with Crippen molar-refractivity contribution in [3.05, 3.63) is 94.0 Å². The molecule has 0 aliphatic rings. The van der Waals surface area contributed by atoms with Gasteiger partial charge in [-0.2, -0.15) is 0 Å². The average molecular weight is 584 g/mol. The first-order chi connectivity index (χ1) is 18.8. The molecule has 0 radical (unpaired) electrons. The molecule has 0 fully saturated rings. The quantitative estimate of drug-likeness (QED) is 0.316. The van der Waals surface area contributed by atoms with Crippen LogP contribution in [0.5, 0.6) is 0 Å². The average Bonchev–Trinajstić information content (AvgIpc) is 2.90. The molecule has 2 amide bonds. The van der Waals surface area contributed by atoms with Crippen molar-refractivity contribution < 1.29 is 18.0 Å². The molecule has 7 nitrogen and oxygen atoms in total. The van der Waals surface area contributed by atoms with Gasteiger partial charge in [0.05, 0.1) is 10.6 Å². The number of hydrogen-bond donors (Lipinski definition) is 1. The van der Waals surface area contributed by atoms with E-state index in [1.165, 1.54) is 17.0 Å². The summed E-state index contributed by atoms with van der Waals surface area (Å²) in [4.78, 5) is 28.6. The third-order valence-electron chi connectivity index (χ3n) is 6.61. The number of rotatable bonds is 11. The first-order valence-corrected chi connectivity index (χ1v) is 15.1. The third kappa shape index (κ3) is 7.86. The SMILES string of the molecule is Cc1ccc(S(=O)(=O)N(CC(=O)N(Cc2cccc(C)c2)C(C)C(=O)NCC(C)C)c2cc(Cl)ccc2C)cc1. The summed E-state index contributed by atoms with van der Waals surface area (Å²) in [5.41, 5.74) is 3.70. The molecule has 3 aromatic carbocycles. The number of halogens is 1. The van der Waals surface area contributed by atoms with E-state index in [4.69, 9.17) is 11.6 Å². The topological polar surface area (TPSA) is 86.8 Å². The highest BCUT2D eigenvalue weighted by molar-refractivity contribution is 7.92. The van der Waals surface area contributed by atoms with Crippen molar-refractivity contribution in [2.75, 3.05) is 17.4 Å². The van der Waals surface area contributed by atoms with Gasteiger partial charge >= 0.3 is 0 Å². The molecule has 9 heteroatoms. The highest BCUT2D eigenvalue weighted by Crippen LogP contribution is 2.30. The van der Waals surface area contributed by atoms with Crippen LogP contribution < -0.4 is 9.62 Å². The van der Waals surface area contributed by atoms with E-state index in [2.05, 4.69) is 5.32 Å². The molecular weight excluding hydrogens is 546 g/mol. The van der Waals surface area contributed by atoms with E-state index in [1.807, 2.05) is 52.0 Å². The molecule has 3 aromatic rings. The molecule has 1 N–H and O–H groups in total. The van der Waals surface area contributed by atoms with Crippen molar-refractivity contribution >= 4 is 39.1 Å². The minimum Gasteiger partial charge on any atom is -0.354 e. The molecule has 1 atom stereocenters. The monoisotopic (exact) mass is 583 g/mol. The minimum absolute atomic E-state index is 0.0539. The Bertz CT molecular complexity index is 1460.